The van der Waals surface area contributed by atoms with Gasteiger partial charge in [0.2, 0.25) is 0 Å². The van der Waals surface area contributed by atoms with Crippen LogP contribution < -0.4 is 5.73 Å². The lowest BCUT2D eigenvalue weighted by Crippen LogP contribution is -1.96. The predicted molar refractivity (Wildman–Crippen MR) is 75.6 cm³/mol. The predicted octanol–water partition coefficient (Wildman–Crippen LogP) is 2.73. The molecule has 0 atom stereocenters. The van der Waals surface area contributed by atoms with Crippen molar-refractivity contribution in [3.05, 3.63) is 36.2 Å². The second-order valence-electron chi connectivity index (χ2n) is 4.78. The number of anilines is 1. The third-order valence-electron chi connectivity index (χ3n) is 3.18. The molecule has 0 fully saturated rings. The van der Waals surface area contributed by atoms with Crippen LogP contribution in [0.25, 0.3) is 22.3 Å². The molecule has 0 aliphatic heterocycles. The van der Waals surface area contributed by atoms with E-state index < -0.39 is 0 Å². The minimum absolute atomic E-state index is 0.292. The number of nitrogens with zero attached hydrogens (tertiary/aromatic N) is 3. The van der Waals surface area contributed by atoms with Gasteiger partial charge in [-0.25, -0.2) is 0 Å². The Morgan fingerprint density at radius 2 is 1.95 bits per heavy atom. The largest absolute Gasteiger partial charge is 0.382 e. The SMILES string of the molecule is CC(C)c1c(N)n[nH]c1-c1cccc2nccnc12. The fourth-order valence-corrected chi connectivity index (χ4v) is 2.35. The van der Waals surface area contributed by atoms with Gasteiger partial charge >= 0.3 is 0 Å². The van der Waals surface area contributed by atoms with E-state index in [0.717, 1.165) is 27.9 Å². The number of nitrogens with one attached hydrogen (secondary N) is 1. The maximum Gasteiger partial charge on any atom is 0.149 e. The normalized spacial score (nSPS) is 11.3. The Kier molecular flexibility index (Phi) is 2.67. The van der Waals surface area contributed by atoms with Gasteiger partial charge in [-0.15, -0.1) is 0 Å². The number of H-pyrrole nitrogens is 1. The second kappa shape index (κ2) is 4.35. The van der Waals surface area contributed by atoms with Crippen molar-refractivity contribution >= 4 is 16.9 Å². The zero-order valence-electron chi connectivity index (χ0n) is 10.9. The van der Waals surface area contributed by atoms with Crippen molar-refractivity contribution in [2.24, 2.45) is 0 Å². The van der Waals surface area contributed by atoms with Crippen molar-refractivity contribution in [3.63, 3.8) is 0 Å². The molecule has 0 radical (unpaired) electrons. The molecule has 5 nitrogen and oxygen atoms in total. The number of aromatic nitrogens is 4. The fraction of sp³-hybridized carbons (Fsp3) is 0.214. The highest BCUT2D eigenvalue weighted by molar-refractivity contribution is 5.91. The molecule has 0 saturated carbocycles. The maximum absolute atomic E-state index is 5.95. The average molecular weight is 253 g/mol. The summed E-state index contributed by atoms with van der Waals surface area (Å²) in [4.78, 5) is 8.74. The zero-order valence-corrected chi connectivity index (χ0v) is 10.9. The van der Waals surface area contributed by atoms with Gasteiger partial charge in [-0.1, -0.05) is 26.0 Å². The van der Waals surface area contributed by atoms with Gasteiger partial charge in [-0.2, -0.15) is 5.10 Å². The number of benzene rings is 1. The molecule has 3 rings (SSSR count). The first-order valence-corrected chi connectivity index (χ1v) is 6.22. The summed E-state index contributed by atoms with van der Waals surface area (Å²) in [6.07, 6.45) is 3.39. The second-order valence-corrected chi connectivity index (χ2v) is 4.78. The summed E-state index contributed by atoms with van der Waals surface area (Å²) in [5.41, 5.74) is 10.6. The summed E-state index contributed by atoms with van der Waals surface area (Å²) in [6, 6.07) is 5.92. The molecule has 0 amide bonds. The highest BCUT2D eigenvalue weighted by atomic mass is 15.2. The van der Waals surface area contributed by atoms with E-state index in [1.54, 1.807) is 12.4 Å². The van der Waals surface area contributed by atoms with E-state index in [9.17, 15) is 0 Å². The van der Waals surface area contributed by atoms with Crippen LogP contribution in [0.3, 0.4) is 0 Å². The first-order valence-electron chi connectivity index (χ1n) is 6.22. The van der Waals surface area contributed by atoms with E-state index in [1.165, 1.54) is 0 Å². The first kappa shape index (κ1) is 11.6. The van der Waals surface area contributed by atoms with E-state index in [0.29, 0.717) is 11.7 Å². The summed E-state index contributed by atoms with van der Waals surface area (Å²) in [5, 5.41) is 7.15. The number of nitrogen functional groups attached to an aromatic ring is 1. The van der Waals surface area contributed by atoms with Gasteiger partial charge in [0.1, 0.15) is 5.82 Å². The third-order valence-corrected chi connectivity index (χ3v) is 3.18. The van der Waals surface area contributed by atoms with Crippen LogP contribution in [-0.2, 0) is 0 Å². The standard InChI is InChI=1S/C14H15N5/c1-8(2)11-13(18-19-14(11)15)9-4-3-5-10-12(9)17-7-6-16-10/h3-8H,1-2H3,(H3,15,18,19). The molecule has 3 N–H and O–H groups in total. The van der Waals surface area contributed by atoms with Crippen molar-refractivity contribution in [3.8, 4) is 11.3 Å². The van der Waals surface area contributed by atoms with Gasteiger partial charge in [-0.05, 0) is 12.0 Å². The summed E-state index contributed by atoms with van der Waals surface area (Å²) in [7, 11) is 0. The zero-order chi connectivity index (χ0) is 13.4. The van der Waals surface area contributed by atoms with Gasteiger partial charge < -0.3 is 5.73 Å². The number of nitrogens with two attached hydrogens (primary N) is 1. The van der Waals surface area contributed by atoms with Crippen molar-refractivity contribution in [1.29, 1.82) is 0 Å². The van der Waals surface area contributed by atoms with Crippen molar-refractivity contribution in [2.75, 3.05) is 5.73 Å². The van der Waals surface area contributed by atoms with E-state index in [1.807, 2.05) is 18.2 Å². The number of fused-ring (bicyclic) bond motifs is 1. The van der Waals surface area contributed by atoms with Crippen LogP contribution in [-0.4, -0.2) is 20.2 Å². The number of rotatable bonds is 2. The molecule has 0 bridgehead atoms. The van der Waals surface area contributed by atoms with Crippen molar-refractivity contribution in [2.45, 2.75) is 19.8 Å². The van der Waals surface area contributed by atoms with E-state index in [-0.39, 0.29) is 0 Å². The number of hydrogen-bond acceptors (Lipinski definition) is 4. The summed E-state index contributed by atoms with van der Waals surface area (Å²) in [6.45, 7) is 4.20. The van der Waals surface area contributed by atoms with Crippen LogP contribution in [0.5, 0.6) is 0 Å². The van der Waals surface area contributed by atoms with Crippen LogP contribution in [0.2, 0.25) is 0 Å². The van der Waals surface area contributed by atoms with Crippen LogP contribution in [0.4, 0.5) is 5.82 Å². The lowest BCUT2D eigenvalue weighted by atomic mass is 9.98. The van der Waals surface area contributed by atoms with Gasteiger partial charge in [0.05, 0.1) is 16.7 Å². The topological polar surface area (TPSA) is 80.5 Å². The van der Waals surface area contributed by atoms with Crippen LogP contribution in [0.1, 0.15) is 25.3 Å². The van der Waals surface area contributed by atoms with Gasteiger partial charge in [0.15, 0.2) is 0 Å². The Morgan fingerprint density at radius 3 is 2.74 bits per heavy atom. The van der Waals surface area contributed by atoms with Crippen LogP contribution in [0.15, 0.2) is 30.6 Å². The highest BCUT2D eigenvalue weighted by Gasteiger charge is 2.17. The van der Waals surface area contributed by atoms with Crippen LogP contribution in [0, 0.1) is 0 Å². The average Bonchev–Trinajstić information content (AvgIpc) is 2.80. The molecule has 0 aliphatic rings. The Hall–Kier alpha value is -2.43. The summed E-state index contributed by atoms with van der Waals surface area (Å²) < 4.78 is 0. The van der Waals surface area contributed by atoms with Crippen LogP contribution >= 0.6 is 0 Å². The maximum atomic E-state index is 5.95. The molecule has 0 aliphatic carbocycles. The Bertz CT molecular complexity index is 724. The minimum atomic E-state index is 0.292. The molecule has 1 aromatic carbocycles. The first-order chi connectivity index (χ1) is 9.18. The van der Waals surface area contributed by atoms with Gasteiger partial charge in [-0.3, -0.25) is 15.1 Å². The molecule has 19 heavy (non-hydrogen) atoms. The molecule has 3 aromatic rings. The molecular formula is C14H15N5. The van der Waals surface area contributed by atoms with Crippen molar-refractivity contribution < 1.29 is 0 Å². The lowest BCUT2D eigenvalue weighted by Gasteiger charge is -2.09. The third kappa shape index (κ3) is 1.83. The Balaban J connectivity index is 2.31. The smallest absolute Gasteiger partial charge is 0.149 e. The fourth-order valence-electron chi connectivity index (χ4n) is 2.35. The van der Waals surface area contributed by atoms with Crippen molar-refractivity contribution in [1.82, 2.24) is 20.2 Å². The monoisotopic (exact) mass is 253 g/mol. The minimum Gasteiger partial charge on any atom is -0.382 e. The summed E-state index contributed by atoms with van der Waals surface area (Å²) >= 11 is 0. The quantitative estimate of drug-likeness (QED) is 0.735. The molecule has 2 heterocycles. The molecule has 5 heteroatoms. The number of hydrogen-bond donors (Lipinski definition) is 2. The molecule has 0 spiro atoms. The van der Waals surface area contributed by atoms with Gasteiger partial charge in [0, 0.05) is 23.5 Å². The Morgan fingerprint density at radius 1 is 1.16 bits per heavy atom. The van der Waals surface area contributed by atoms with Gasteiger partial charge in [0.25, 0.3) is 0 Å². The van der Waals surface area contributed by atoms with E-state index >= 15 is 0 Å². The van der Waals surface area contributed by atoms with E-state index in [2.05, 4.69) is 34.0 Å². The lowest BCUT2D eigenvalue weighted by molar-refractivity contribution is 0.873. The molecular weight excluding hydrogens is 238 g/mol. The number of para-hydroxylation sites is 1. The van der Waals surface area contributed by atoms with E-state index in [4.69, 9.17) is 5.73 Å². The molecule has 0 saturated heterocycles. The molecule has 2 aromatic heterocycles. The molecule has 96 valence electrons. The summed E-state index contributed by atoms with van der Waals surface area (Å²) in [5.74, 6) is 0.839. The highest BCUT2D eigenvalue weighted by Crippen LogP contribution is 2.33. The molecule has 0 unspecified atom stereocenters. The Labute approximate surface area is 110 Å². The number of aromatic amines is 1.